The van der Waals surface area contributed by atoms with E-state index in [9.17, 15) is 9.59 Å². The number of benzene rings is 3. The minimum absolute atomic E-state index is 0.132. The first-order valence-corrected chi connectivity index (χ1v) is 8.24. The van der Waals surface area contributed by atoms with Gasteiger partial charge in [0, 0.05) is 11.1 Å². The van der Waals surface area contributed by atoms with E-state index in [-0.39, 0.29) is 17.1 Å². The second kappa shape index (κ2) is 8.08. The number of hydrogen-bond donors (Lipinski definition) is 0. The van der Waals surface area contributed by atoms with E-state index in [4.69, 9.17) is 4.74 Å². The highest BCUT2D eigenvalue weighted by molar-refractivity contribution is 6.33. The van der Waals surface area contributed by atoms with E-state index in [2.05, 4.69) is 0 Å². The summed E-state index contributed by atoms with van der Waals surface area (Å²) in [5.41, 5.74) is 1.86. The van der Waals surface area contributed by atoms with Crippen molar-refractivity contribution >= 4 is 17.6 Å². The van der Waals surface area contributed by atoms with Crippen molar-refractivity contribution in [2.75, 3.05) is 7.11 Å². The number of carbonyl (C=O) groups excluding carboxylic acids is 2. The Morgan fingerprint density at radius 3 is 1.58 bits per heavy atom. The molecule has 3 nitrogen and oxygen atoms in total. The van der Waals surface area contributed by atoms with Crippen LogP contribution in [0.4, 0.5) is 0 Å². The topological polar surface area (TPSA) is 43.4 Å². The third-order valence-corrected chi connectivity index (χ3v) is 3.99. The van der Waals surface area contributed by atoms with Crippen LogP contribution in [0.3, 0.4) is 0 Å². The number of rotatable bonds is 6. The molecular formula is C23H18O3. The normalized spacial score (nSPS) is 10.0. The van der Waals surface area contributed by atoms with Gasteiger partial charge in [0.25, 0.3) is 0 Å². The molecule has 0 heterocycles. The first-order valence-electron chi connectivity index (χ1n) is 8.24. The van der Waals surface area contributed by atoms with Gasteiger partial charge in [-0.3, -0.25) is 9.59 Å². The molecule has 0 aliphatic rings. The highest BCUT2D eigenvalue weighted by Gasteiger charge is 2.21. The van der Waals surface area contributed by atoms with E-state index in [1.807, 2.05) is 24.3 Å². The van der Waals surface area contributed by atoms with Gasteiger partial charge in [0.15, 0.2) is 11.6 Å². The van der Waals surface area contributed by atoms with Gasteiger partial charge in [-0.25, -0.2) is 0 Å². The van der Waals surface area contributed by atoms with E-state index in [1.165, 1.54) is 0 Å². The Bertz CT molecular complexity index is 871. The summed E-state index contributed by atoms with van der Waals surface area (Å²) in [6.07, 6.45) is 1.63. The van der Waals surface area contributed by atoms with Crippen molar-refractivity contribution in [1.29, 1.82) is 0 Å². The summed E-state index contributed by atoms with van der Waals surface area (Å²) in [4.78, 5) is 25.9. The highest BCUT2D eigenvalue weighted by atomic mass is 16.5. The zero-order valence-electron chi connectivity index (χ0n) is 14.4. The molecule has 3 rings (SSSR count). The molecule has 0 radical (unpaired) electrons. The molecule has 26 heavy (non-hydrogen) atoms. The van der Waals surface area contributed by atoms with Crippen LogP contribution in [-0.4, -0.2) is 18.7 Å². The number of hydrogen-bond acceptors (Lipinski definition) is 3. The van der Waals surface area contributed by atoms with Crippen LogP contribution >= 0.6 is 0 Å². The van der Waals surface area contributed by atoms with Crippen LogP contribution in [0.15, 0.2) is 90.5 Å². The molecule has 0 spiro atoms. The van der Waals surface area contributed by atoms with E-state index >= 15 is 0 Å². The smallest absolute Gasteiger partial charge is 0.196 e. The van der Waals surface area contributed by atoms with Crippen molar-refractivity contribution in [3.05, 3.63) is 107 Å². The number of ether oxygens (including phenoxy) is 1. The number of carbonyl (C=O) groups is 2. The van der Waals surface area contributed by atoms with Crippen LogP contribution in [-0.2, 0) is 0 Å². The fraction of sp³-hybridized carbons (Fsp3) is 0.0435. The van der Waals surface area contributed by atoms with Crippen LogP contribution in [0.5, 0.6) is 5.75 Å². The van der Waals surface area contributed by atoms with Gasteiger partial charge in [0.2, 0.25) is 0 Å². The summed E-state index contributed by atoms with van der Waals surface area (Å²) in [6, 6.07) is 24.9. The summed E-state index contributed by atoms with van der Waals surface area (Å²) >= 11 is 0. The Kier molecular flexibility index (Phi) is 5.40. The minimum atomic E-state index is -0.296. The van der Waals surface area contributed by atoms with Crippen molar-refractivity contribution in [3.8, 4) is 5.75 Å². The molecule has 0 bridgehead atoms. The lowest BCUT2D eigenvalue weighted by Gasteiger charge is -2.07. The molecule has 0 fully saturated rings. The molecule has 0 atom stereocenters. The SMILES string of the molecule is COc1ccc(C=C(C(=O)c2ccccc2)C(=O)c2ccccc2)cc1. The molecule has 0 saturated carbocycles. The third-order valence-electron chi connectivity index (χ3n) is 3.99. The van der Waals surface area contributed by atoms with Crippen molar-refractivity contribution in [1.82, 2.24) is 0 Å². The fourth-order valence-electron chi connectivity index (χ4n) is 2.59. The van der Waals surface area contributed by atoms with Gasteiger partial charge < -0.3 is 4.74 Å². The van der Waals surface area contributed by atoms with Crippen LogP contribution in [0.25, 0.3) is 6.08 Å². The minimum Gasteiger partial charge on any atom is -0.497 e. The van der Waals surface area contributed by atoms with E-state index in [0.717, 1.165) is 5.56 Å². The Balaban J connectivity index is 2.04. The third kappa shape index (κ3) is 3.95. The standard InChI is InChI=1S/C23H18O3/c1-26-20-14-12-17(13-15-20)16-21(22(24)18-8-4-2-5-9-18)23(25)19-10-6-3-7-11-19/h2-16H,1H3. The predicted molar refractivity (Wildman–Crippen MR) is 103 cm³/mol. The summed E-state index contributed by atoms with van der Waals surface area (Å²) < 4.78 is 5.15. The molecule has 0 unspecified atom stereocenters. The maximum atomic E-state index is 13.0. The van der Waals surface area contributed by atoms with Crippen LogP contribution in [0.1, 0.15) is 26.3 Å². The first kappa shape index (κ1) is 17.4. The Morgan fingerprint density at radius 2 is 1.15 bits per heavy atom. The van der Waals surface area contributed by atoms with Crippen molar-refractivity contribution in [2.24, 2.45) is 0 Å². The summed E-state index contributed by atoms with van der Waals surface area (Å²) in [6.45, 7) is 0. The van der Waals surface area contributed by atoms with Gasteiger partial charge in [-0.1, -0.05) is 72.8 Å². The van der Waals surface area contributed by atoms with Gasteiger partial charge in [0.1, 0.15) is 5.75 Å². The monoisotopic (exact) mass is 342 g/mol. The zero-order chi connectivity index (χ0) is 18.4. The van der Waals surface area contributed by atoms with Gasteiger partial charge in [-0.15, -0.1) is 0 Å². The Labute approximate surface area is 152 Å². The molecule has 0 aliphatic heterocycles. The largest absolute Gasteiger partial charge is 0.497 e. The average Bonchev–Trinajstić information content (AvgIpc) is 2.73. The van der Waals surface area contributed by atoms with Gasteiger partial charge in [0.05, 0.1) is 12.7 Å². The zero-order valence-corrected chi connectivity index (χ0v) is 14.4. The summed E-state index contributed by atoms with van der Waals surface area (Å²) in [7, 11) is 1.59. The van der Waals surface area contributed by atoms with Crippen LogP contribution in [0, 0.1) is 0 Å². The lowest BCUT2D eigenvalue weighted by atomic mass is 9.94. The number of ketones is 2. The molecule has 0 N–H and O–H groups in total. The molecule has 0 aliphatic carbocycles. The fourth-order valence-corrected chi connectivity index (χ4v) is 2.59. The highest BCUT2D eigenvalue weighted by Crippen LogP contribution is 2.20. The lowest BCUT2D eigenvalue weighted by Crippen LogP contribution is -2.13. The molecule has 0 saturated heterocycles. The van der Waals surface area contributed by atoms with E-state index in [0.29, 0.717) is 16.9 Å². The molecule has 0 amide bonds. The van der Waals surface area contributed by atoms with Crippen LogP contribution in [0.2, 0.25) is 0 Å². The van der Waals surface area contributed by atoms with Gasteiger partial charge >= 0.3 is 0 Å². The predicted octanol–water partition coefficient (Wildman–Crippen LogP) is 4.84. The molecule has 3 heteroatoms. The quantitative estimate of drug-likeness (QED) is 0.278. The van der Waals surface area contributed by atoms with E-state index < -0.39 is 0 Å². The molecular weight excluding hydrogens is 324 g/mol. The number of methoxy groups -OCH3 is 1. The van der Waals surface area contributed by atoms with Gasteiger partial charge in [-0.05, 0) is 23.8 Å². The van der Waals surface area contributed by atoms with Crippen molar-refractivity contribution in [2.45, 2.75) is 0 Å². The summed E-state index contributed by atoms with van der Waals surface area (Å²) in [5, 5.41) is 0. The van der Waals surface area contributed by atoms with Crippen LogP contribution < -0.4 is 4.74 Å². The number of allylic oxidation sites excluding steroid dienone is 1. The Morgan fingerprint density at radius 1 is 0.692 bits per heavy atom. The van der Waals surface area contributed by atoms with Gasteiger partial charge in [-0.2, -0.15) is 0 Å². The number of Topliss-reactive ketones (excluding diaryl/α,β-unsaturated/α-hetero) is 2. The van der Waals surface area contributed by atoms with Crippen molar-refractivity contribution < 1.29 is 14.3 Å². The summed E-state index contributed by atoms with van der Waals surface area (Å²) in [5.74, 6) is 0.123. The Hall–Kier alpha value is -3.46. The average molecular weight is 342 g/mol. The second-order valence-electron chi connectivity index (χ2n) is 5.72. The van der Waals surface area contributed by atoms with E-state index in [1.54, 1.807) is 73.8 Å². The maximum absolute atomic E-state index is 13.0. The molecule has 128 valence electrons. The first-order chi connectivity index (χ1) is 12.7. The lowest BCUT2D eigenvalue weighted by molar-refractivity contribution is 0.0964. The maximum Gasteiger partial charge on any atom is 0.196 e. The molecule has 0 aromatic heterocycles. The molecule has 3 aromatic rings. The molecule has 3 aromatic carbocycles. The second-order valence-corrected chi connectivity index (χ2v) is 5.72. The van der Waals surface area contributed by atoms with Crippen molar-refractivity contribution in [3.63, 3.8) is 0 Å².